The number of aliphatic hydroxyl groups is 1. The smallest absolute Gasteiger partial charge is 0.227 e. The van der Waals surface area contributed by atoms with Gasteiger partial charge in [0.1, 0.15) is 11.6 Å². The summed E-state index contributed by atoms with van der Waals surface area (Å²) in [7, 11) is 0. The minimum Gasteiger partial charge on any atom is -0.396 e. The average Bonchev–Trinajstić information content (AvgIpc) is 3.32. The van der Waals surface area contributed by atoms with Crippen LogP contribution in [0.3, 0.4) is 0 Å². The van der Waals surface area contributed by atoms with Crippen molar-refractivity contribution in [3.8, 4) is 22.6 Å². The third-order valence-electron chi connectivity index (χ3n) is 5.62. The Hall–Kier alpha value is -3.73. The second kappa shape index (κ2) is 9.49. The Labute approximate surface area is 200 Å². The summed E-state index contributed by atoms with van der Waals surface area (Å²) >= 11 is 0. The lowest BCUT2D eigenvalue weighted by Gasteiger charge is -2.35. The molecule has 3 N–H and O–H groups in total. The lowest BCUT2D eigenvalue weighted by molar-refractivity contribution is -0.239. The highest BCUT2D eigenvalue weighted by molar-refractivity contribution is 5.77. The molecule has 180 valence electrons. The predicted octanol–water partition coefficient (Wildman–Crippen LogP) is 4.60. The molecule has 1 fully saturated rings. The van der Waals surface area contributed by atoms with E-state index in [1.54, 1.807) is 36.5 Å². The van der Waals surface area contributed by atoms with Crippen molar-refractivity contribution in [3.05, 3.63) is 78.3 Å². The molecule has 0 unspecified atom stereocenters. The van der Waals surface area contributed by atoms with Crippen molar-refractivity contribution in [2.24, 2.45) is 5.41 Å². The van der Waals surface area contributed by atoms with Crippen LogP contribution in [0.4, 0.5) is 20.4 Å². The number of hydrogen-bond acceptors (Lipinski definition) is 7. The molecule has 35 heavy (non-hydrogen) atoms. The molecule has 2 aromatic heterocycles. The van der Waals surface area contributed by atoms with E-state index in [0.29, 0.717) is 53.3 Å². The van der Waals surface area contributed by atoms with Crippen molar-refractivity contribution < 1.29 is 23.4 Å². The Bertz CT molecular complexity index is 1300. The maximum Gasteiger partial charge on any atom is 0.227 e. The zero-order valence-corrected chi connectivity index (χ0v) is 18.8. The molecule has 1 aliphatic rings. The van der Waals surface area contributed by atoms with Crippen molar-refractivity contribution in [2.75, 3.05) is 25.1 Å². The lowest BCUT2D eigenvalue weighted by atomic mass is 9.94. The topological polar surface area (TPSA) is 105 Å². The van der Waals surface area contributed by atoms with Crippen LogP contribution in [0.15, 0.2) is 60.8 Å². The van der Waals surface area contributed by atoms with E-state index in [0.717, 1.165) is 0 Å². The summed E-state index contributed by atoms with van der Waals surface area (Å²) in [6.45, 7) is 2.41. The molecular weight excluding hydrogens is 456 g/mol. The molecule has 3 heterocycles. The second-order valence-electron chi connectivity index (χ2n) is 8.67. The van der Waals surface area contributed by atoms with Gasteiger partial charge >= 0.3 is 0 Å². The van der Waals surface area contributed by atoms with E-state index < -0.39 is 11.7 Å². The summed E-state index contributed by atoms with van der Waals surface area (Å²) in [5.41, 5.74) is 2.45. The first-order chi connectivity index (χ1) is 16.9. The van der Waals surface area contributed by atoms with Gasteiger partial charge in [0.05, 0.1) is 36.9 Å². The molecule has 0 bridgehead atoms. The van der Waals surface area contributed by atoms with Gasteiger partial charge in [-0.25, -0.2) is 23.7 Å². The molecular formula is C25H23F2N5O3. The van der Waals surface area contributed by atoms with Gasteiger partial charge in [0.15, 0.2) is 5.82 Å². The van der Waals surface area contributed by atoms with Gasteiger partial charge in [0.2, 0.25) is 12.2 Å². The van der Waals surface area contributed by atoms with E-state index >= 15 is 0 Å². The molecule has 0 radical (unpaired) electrons. The number of rotatable bonds is 6. The second-order valence-corrected chi connectivity index (χ2v) is 8.67. The van der Waals surface area contributed by atoms with Gasteiger partial charge < -0.3 is 24.9 Å². The SMILES string of the molecule is CC1(CO)COC(c2nc(-c3ccc(F)cc3)c(-c3ccnc(Nc4ccc(F)cc4)n3)[nH]2)OC1. The number of aromatic amines is 1. The van der Waals surface area contributed by atoms with E-state index in [-0.39, 0.29) is 18.2 Å². The van der Waals surface area contributed by atoms with Gasteiger partial charge in [-0.3, -0.25) is 0 Å². The molecule has 4 aromatic rings. The number of benzene rings is 2. The van der Waals surface area contributed by atoms with Crippen LogP contribution in [0.2, 0.25) is 0 Å². The highest BCUT2D eigenvalue weighted by atomic mass is 19.1. The molecule has 1 saturated heterocycles. The minimum absolute atomic E-state index is 0.0608. The van der Waals surface area contributed by atoms with E-state index in [1.807, 2.05) is 6.92 Å². The summed E-state index contributed by atoms with van der Waals surface area (Å²) in [4.78, 5) is 16.8. The number of aliphatic hydroxyl groups excluding tert-OH is 1. The lowest BCUT2D eigenvalue weighted by Crippen LogP contribution is -2.39. The number of ether oxygens (including phenoxy) is 2. The molecule has 5 rings (SSSR count). The first-order valence-electron chi connectivity index (χ1n) is 11.0. The first kappa shape index (κ1) is 23.0. The highest BCUT2D eigenvalue weighted by Crippen LogP contribution is 2.35. The molecule has 0 amide bonds. The Morgan fingerprint density at radius 1 is 1.00 bits per heavy atom. The monoisotopic (exact) mass is 479 g/mol. The largest absolute Gasteiger partial charge is 0.396 e. The van der Waals surface area contributed by atoms with Crippen LogP contribution in [-0.2, 0) is 9.47 Å². The molecule has 1 aliphatic heterocycles. The van der Waals surface area contributed by atoms with Crippen molar-refractivity contribution in [2.45, 2.75) is 13.2 Å². The van der Waals surface area contributed by atoms with Crippen LogP contribution in [-0.4, -0.2) is 44.9 Å². The molecule has 0 aliphatic carbocycles. The van der Waals surface area contributed by atoms with Crippen molar-refractivity contribution >= 4 is 11.6 Å². The van der Waals surface area contributed by atoms with Gasteiger partial charge in [0, 0.05) is 22.9 Å². The fourth-order valence-electron chi connectivity index (χ4n) is 3.62. The Balaban J connectivity index is 1.50. The van der Waals surface area contributed by atoms with Crippen LogP contribution < -0.4 is 5.32 Å². The van der Waals surface area contributed by atoms with E-state index in [9.17, 15) is 13.9 Å². The molecule has 10 heteroatoms. The zero-order chi connectivity index (χ0) is 24.4. The number of aromatic nitrogens is 4. The third-order valence-corrected chi connectivity index (χ3v) is 5.62. The number of nitrogens with one attached hydrogen (secondary N) is 2. The predicted molar refractivity (Wildman–Crippen MR) is 125 cm³/mol. The minimum atomic E-state index is -0.763. The number of H-pyrrole nitrogens is 1. The normalized spacial score (nSPS) is 20.1. The zero-order valence-electron chi connectivity index (χ0n) is 18.8. The van der Waals surface area contributed by atoms with Gasteiger partial charge in [0.25, 0.3) is 0 Å². The molecule has 2 aromatic carbocycles. The summed E-state index contributed by atoms with van der Waals surface area (Å²) in [5.74, 6) is 0.0249. The molecule has 8 nitrogen and oxygen atoms in total. The van der Waals surface area contributed by atoms with Gasteiger partial charge in [-0.15, -0.1) is 0 Å². The van der Waals surface area contributed by atoms with E-state index in [1.165, 1.54) is 24.3 Å². The Morgan fingerprint density at radius 3 is 2.31 bits per heavy atom. The Kier molecular flexibility index (Phi) is 6.25. The van der Waals surface area contributed by atoms with Crippen LogP contribution in [0.5, 0.6) is 0 Å². The van der Waals surface area contributed by atoms with Crippen molar-refractivity contribution in [1.82, 2.24) is 19.9 Å². The third kappa shape index (κ3) is 5.04. The number of halogens is 2. The quantitative estimate of drug-likeness (QED) is 0.371. The van der Waals surface area contributed by atoms with Crippen molar-refractivity contribution in [1.29, 1.82) is 0 Å². The summed E-state index contributed by atoms with van der Waals surface area (Å²) in [5, 5.41) is 12.6. The van der Waals surface area contributed by atoms with Crippen LogP contribution in [0.1, 0.15) is 19.0 Å². The summed E-state index contributed by atoms with van der Waals surface area (Å²) in [6.07, 6.45) is 0.824. The number of hydrogen-bond donors (Lipinski definition) is 3. The molecule has 0 spiro atoms. The van der Waals surface area contributed by atoms with E-state index in [2.05, 4.69) is 20.3 Å². The van der Waals surface area contributed by atoms with Gasteiger partial charge in [-0.05, 0) is 54.6 Å². The van der Waals surface area contributed by atoms with Gasteiger partial charge in [-0.1, -0.05) is 6.92 Å². The van der Waals surface area contributed by atoms with Crippen LogP contribution in [0.25, 0.3) is 22.6 Å². The Morgan fingerprint density at radius 2 is 1.66 bits per heavy atom. The number of nitrogens with zero attached hydrogens (tertiary/aromatic N) is 3. The maximum atomic E-state index is 13.6. The van der Waals surface area contributed by atoms with Crippen LogP contribution >= 0.6 is 0 Å². The standard InChI is InChI=1S/C25H23F2N5O3/c1-25(12-33)13-34-23(35-14-25)22-31-20(15-2-4-16(26)5-3-15)21(32-22)19-10-11-28-24(30-19)29-18-8-6-17(27)7-9-18/h2-11,23,33H,12-14H2,1H3,(H,31,32)(H,28,29,30). The molecule has 0 atom stereocenters. The highest BCUT2D eigenvalue weighted by Gasteiger charge is 2.34. The van der Waals surface area contributed by atoms with Gasteiger partial charge in [-0.2, -0.15) is 0 Å². The average molecular weight is 479 g/mol. The number of anilines is 2. The van der Waals surface area contributed by atoms with Crippen molar-refractivity contribution in [3.63, 3.8) is 0 Å². The molecule has 0 saturated carbocycles. The summed E-state index contributed by atoms with van der Waals surface area (Å²) < 4.78 is 38.5. The fourth-order valence-corrected chi connectivity index (χ4v) is 3.62. The number of imidazole rings is 1. The van der Waals surface area contributed by atoms with Crippen LogP contribution in [0, 0.1) is 17.0 Å². The summed E-state index contributed by atoms with van der Waals surface area (Å²) in [6, 6.07) is 13.5. The van der Waals surface area contributed by atoms with E-state index in [4.69, 9.17) is 14.5 Å². The first-order valence-corrected chi connectivity index (χ1v) is 11.0. The fraction of sp³-hybridized carbons (Fsp3) is 0.240. The maximum absolute atomic E-state index is 13.6.